The van der Waals surface area contributed by atoms with Gasteiger partial charge < -0.3 is 19.7 Å². The zero-order chi connectivity index (χ0) is 29.1. The first-order valence-electron chi connectivity index (χ1n) is 13.6. The van der Waals surface area contributed by atoms with E-state index in [-0.39, 0.29) is 23.6 Å². The topological polar surface area (TPSA) is 120 Å². The van der Waals surface area contributed by atoms with Crippen LogP contribution in [0.1, 0.15) is 41.6 Å². The van der Waals surface area contributed by atoms with E-state index in [9.17, 15) is 19.5 Å². The van der Waals surface area contributed by atoms with Crippen molar-refractivity contribution in [1.82, 2.24) is 23.8 Å². The molecule has 0 saturated carbocycles. The summed E-state index contributed by atoms with van der Waals surface area (Å²) in [6.07, 6.45) is 10.9. The van der Waals surface area contributed by atoms with Crippen LogP contribution in [0.25, 0.3) is 11.7 Å². The van der Waals surface area contributed by atoms with Crippen molar-refractivity contribution in [2.45, 2.75) is 39.2 Å². The zero-order valence-electron chi connectivity index (χ0n) is 23.4. The smallest absolute Gasteiger partial charge is 0.267 e. The number of carbonyl (C=O) groups excluding carboxylic acids is 2. The summed E-state index contributed by atoms with van der Waals surface area (Å²) in [5.74, 6) is -0.601. The molecule has 0 aromatic carbocycles. The van der Waals surface area contributed by atoms with Crippen molar-refractivity contribution in [2.24, 2.45) is 7.05 Å². The Kier molecular flexibility index (Phi) is 8.29. The molecule has 0 unspecified atom stereocenters. The van der Waals surface area contributed by atoms with E-state index in [2.05, 4.69) is 19.2 Å². The number of hydrogen-bond acceptors (Lipinski definition) is 8. The number of aromatic nitrogens is 5. The number of aliphatic carboxylic acids is 1. The Morgan fingerprint density at radius 3 is 2.59 bits per heavy atom. The van der Waals surface area contributed by atoms with Crippen LogP contribution in [0.5, 0.6) is 0 Å². The number of carbonyl (C=O) groups is 2. The summed E-state index contributed by atoms with van der Waals surface area (Å²) in [4.78, 5) is 50.8. The van der Waals surface area contributed by atoms with Crippen LogP contribution in [0.3, 0.4) is 0 Å². The number of aryl methyl sites for hydroxylation is 3. The van der Waals surface area contributed by atoms with Crippen molar-refractivity contribution in [3.8, 4) is 0 Å². The number of carboxylic acid groups (broad SMARTS) is 1. The normalized spacial score (nSPS) is 14.0. The third-order valence-corrected chi connectivity index (χ3v) is 8.08. The molecule has 1 saturated heterocycles. The number of piperazine rings is 1. The molecular formula is C29H33N7O4S. The van der Waals surface area contributed by atoms with Crippen molar-refractivity contribution in [1.29, 1.82) is 0 Å². The average Bonchev–Trinajstić information content (AvgIpc) is 3.60. The molecule has 12 heteroatoms. The quantitative estimate of drug-likeness (QED) is 0.214. The fourth-order valence-corrected chi connectivity index (χ4v) is 5.81. The van der Waals surface area contributed by atoms with Crippen molar-refractivity contribution in [3.05, 3.63) is 80.7 Å². The third kappa shape index (κ3) is 6.54. The summed E-state index contributed by atoms with van der Waals surface area (Å²) in [5, 5.41) is 14.4. The highest BCUT2D eigenvalue weighted by Crippen LogP contribution is 2.22. The Morgan fingerprint density at radius 2 is 1.93 bits per heavy atom. The molecule has 0 aliphatic carbocycles. The highest BCUT2D eigenvalue weighted by molar-refractivity contribution is 7.09. The molecule has 1 aliphatic heterocycles. The summed E-state index contributed by atoms with van der Waals surface area (Å²) in [6, 6.07) is 3.78. The first kappa shape index (κ1) is 28.2. The van der Waals surface area contributed by atoms with Crippen LogP contribution in [-0.2, 0) is 36.0 Å². The molecule has 1 fully saturated rings. The highest BCUT2D eigenvalue weighted by atomic mass is 32.1. The van der Waals surface area contributed by atoms with E-state index >= 15 is 0 Å². The number of amides is 1. The highest BCUT2D eigenvalue weighted by Gasteiger charge is 2.26. The zero-order valence-corrected chi connectivity index (χ0v) is 24.2. The maximum Gasteiger partial charge on any atom is 0.267 e. The van der Waals surface area contributed by atoms with Gasteiger partial charge in [-0.1, -0.05) is 13.8 Å². The van der Waals surface area contributed by atoms with E-state index < -0.39 is 5.97 Å². The number of carboxylic acids is 1. The standard InChI is InChI=1S/C29H33N7O4S/c1-20(2)23-18-41-25(30-23)6-4-21-8-9-36-24(16-21)31-28(22(29(36)40)5-7-27(38)39)35-14-12-34(13-15-35)26(37)17-33-11-10-32(3)19-33/h5,7-11,16,18-20H,4,6,12-15,17H2,1-3H3/b7-5+. The molecular weight excluding hydrogens is 542 g/mol. The molecule has 41 heavy (non-hydrogen) atoms. The van der Waals surface area contributed by atoms with Crippen molar-refractivity contribution >= 4 is 40.8 Å². The van der Waals surface area contributed by atoms with Gasteiger partial charge in [0.15, 0.2) is 6.54 Å². The molecule has 214 valence electrons. The minimum Gasteiger partial charge on any atom is -0.545 e. The maximum absolute atomic E-state index is 13.5. The minimum atomic E-state index is -1.40. The number of imidazole rings is 1. The number of fused-ring (bicyclic) bond motifs is 1. The van der Waals surface area contributed by atoms with Crippen LogP contribution in [0.15, 0.2) is 53.3 Å². The van der Waals surface area contributed by atoms with Gasteiger partial charge in [0.1, 0.15) is 23.9 Å². The predicted octanol–water partition coefficient (Wildman–Crippen LogP) is 0.798. The molecule has 0 spiro atoms. The van der Waals surface area contributed by atoms with Gasteiger partial charge in [0.05, 0.1) is 29.3 Å². The fraction of sp³-hybridized carbons (Fsp3) is 0.379. The van der Waals surface area contributed by atoms with Crippen LogP contribution < -0.4 is 20.1 Å². The average molecular weight is 576 g/mol. The number of hydrogen-bond donors (Lipinski definition) is 0. The second-order valence-corrected chi connectivity index (χ2v) is 11.5. The number of thiazole rings is 1. The molecule has 5 rings (SSSR count). The first-order chi connectivity index (χ1) is 19.7. The Bertz CT molecular complexity index is 1660. The van der Waals surface area contributed by atoms with Gasteiger partial charge in [0.2, 0.25) is 6.33 Å². The molecule has 0 bridgehead atoms. The van der Waals surface area contributed by atoms with Crippen LogP contribution in [0.4, 0.5) is 5.82 Å². The lowest BCUT2D eigenvalue weighted by Crippen LogP contribution is -2.50. The SMILES string of the molecule is CC(C)c1csc(CCc2ccn3c(=O)c(/C=C/C(=O)[O-])c(N4CCN(C(=O)Cn5cc[n+](C)c5)CC4)nc3c2)n1. The van der Waals surface area contributed by atoms with Gasteiger partial charge in [-0.2, -0.15) is 0 Å². The number of rotatable bonds is 9. The molecule has 5 heterocycles. The summed E-state index contributed by atoms with van der Waals surface area (Å²) in [7, 11) is 1.90. The Hall–Kier alpha value is -4.32. The summed E-state index contributed by atoms with van der Waals surface area (Å²) < 4.78 is 5.14. The lowest BCUT2D eigenvalue weighted by molar-refractivity contribution is -0.671. The lowest BCUT2D eigenvalue weighted by atomic mass is 10.1. The van der Waals surface area contributed by atoms with E-state index in [0.29, 0.717) is 43.6 Å². The summed E-state index contributed by atoms with van der Waals surface area (Å²) in [6.45, 7) is 6.34. The van der Waals surface area contributed by atoms with E-state index in [1.807, 2.05) is 51.9 Å². The minimum absolute atomic E-state index is 0.00912. The number of pyridine rings is 1. The Labute approximate surface area is 241 Å². The predicted molar refractivity (Wildman–Crippen MR) is 154 cm³/mol. The van der Waals surface area contributed by atoms with Crippen LogP contribution in [0, 0.1) is 0 Å². The van der Waals surface area contributed by atoms with Gasteiger partial charge in [-0.3, -0.25) is 14.0 Å². The van der Waals surface area contributed by atoms with Crippen LogP contribution in [-0.4, -0.2) is 61.9 Å². The molecule has 4 aromatic heterocycles. The van der Waals surface area contributed by atoms with E-state index in [0.717, 1.165) is 35.2 Å². The first-order valence-corrected chi connectivity index (χ1v) is 14.5. The monoisotopic (exact) mass is 575 g/mol. The number of nitrogens with zero attached hydrogens (tertiary/aromatic N) is 7. The number of anilines is 1. The molecule has 0 N–H and O–H groups in total. The van der Waals surface area contributed by atoms with E-state index in [4.69, 9.17) is 9.97 Å². The van der Waals surface area contributed by atoms with Crippen molar-refractivity contribution < 1.29 is 19.3 Å². The Balaban J connectivity index is 1.37. The van der Waals surface area contributed by atoms with Crippen LogP contribution >= 0.6 is 11.3 Å². The second-order valence-electron chi connectivity index (χ2n) is 10.5. The lowest BCUT2D eigenvalue weighted by Gasteiger charge is -2.35. The van der Waals surface area contributed by atoms with E-state index in [1.54, 1.807) is 22.4 Å². The molecule has 0 radical (unpaired) electrons. The van der Waals surface area contributed by atoms with Crippen molar-refractivity contribution in [2.75, 3.05) is 31.1 Å². The maximum atomic E-state index is 13.5. The molecule has 1 amide bonds. The van der Waals surface area contributed by atoms with Gasteiger partial charge >= 0.3 is 0 Å². The molecule has 1 aliphatic rings. The fourth-order valence-electron chi connectivity index (χ4n) is 4.85. The molecule has 4 aromatic rings. The van der Waals surface area contributed by atoms with Gasteiger partial charge in [-0.25, -0.2) is 19.1 Å². The van der Waals surface area contributed by atoms with Crippen molar-refractivity contribution in [3.63, 3.8) is 0 Å². The summed E-state index contributed by atoms with van der Waals surface area (Å²) in [5.41, 5.74) is 2.40. The second kappa shape index (κ2) is 12.0. The largest absolute Gasteiger partial charge is 0.545 e. The Morgan fingerprint density at radius 1 is 1.15 bits per heavy atom. The van der Waals surface area contributed by atoms with Gasteiger partial charge in [0, 0.05) is 44.2 Å². The van der Waals surface area contributed by atoms with Gasteiger partial charge in [-0.15, -0.1) is 11.3 Å². The van der Waals surface area contributed by atoms with E-state index in [1.165, 1.54) is 10.5 Å². The van der Waals surface area contributed by atoms with Crippen LogP contribution in [0.2, 0.25) is 0 Å². The third-order valence-electron chi connectivity index (χ3n) is 7.16. The summed E-state index contributed by atoms with van der Waals surface area (Å²) >= 11 is 1.66. The molecule has 11 nitrogen and oxygen atoms in total. The van der Waals surface area contributed by atoms with Gasteiger partial charge in [0.25, 0.3) is 11.5 Å². The van der Waals surface area contributed by atoms with Gasteiger partial charge in [-0.05, 0) is 42.2 Å². The molecule has 0 atom stereocenters.